The zero-order valence-electron chi connectivity index (χ0n) is 10.4. The second-order valence-electron chi connectivity index (χ2n) is 4.16. The van der Waals surface area contributed by atoms with Crippen molar-refractivity contribution in [3.05, 3.63) is 56.5 Å². The van der Waals surface area contributed by atoms with Crippen LogP contribution in [-0.4, -0.2) is 4.99 Å². The van der Waals surface area contributed by atoms with Crippen molar-refractivity contribution >= 4 is 52.0 Å². The van der Waals surface area contributed by atoms with Crippen LogP contribution in [0.3, 0.4) is 0 Å². The summed E-state index contributed by atoms with van der Waals surface area (Å²) in [6.07, 6.45) is 0. The number of hydrogen-bond acceptors (Lipinski definition) is 2. The molecular formula is C14H10Cl3NOS. The van der Waals surface area contributed by atoms with Crippen LogP contribution in [0.2, 0.25) is 15.1 Å². The number of nitrogens with two attached hydrogens (primary N) is 1. The lowest BCUT2D eigenvalue weighted by Gasteiger charge is -2.13. The second kappa shape index (κ2) is 6.19. The summed E-state index contributed by atoms with van der Waals surface area (Å²) in [4.78, 5) is 0.246. The Morgan fingerprint density at radius 2 is 1.65 bits per heavy atom. The van der Waals surface area contributed by atoms with Gasteiger partial charge in [-0.25, -0.2) is 0 Å². The van der Waals surface area contributed by atoms with Crippen molar-refractivity contribution in [2.24, 2.45) is 5.73 Å². The monoisotopic (exact) mass is 345 g/mol. The highest BCUT2D eigenvalue weighted by molar-refractivity contribution is 7.80. The van der Waals surface area contributed by atoms with Crippen molar-refractivity contribution in [2.45, 2.75) is 6.92 Å². The van der Waals surface area contributed by atoms with E-state index < -0.39 is 0 Å². The molecule has 2 rings (SSSR count). The number of aryl methyl sites for hydroxylation is 1. The Morgan fingerprint density at radius 3 is 2.30 bits per heavy atom. The van der Waals surface area contributed by atoms with Gasteiger partial charge in [0, 0.05) is 6.07 Å². The standard InChI is InChI=1S/C14H10Cl3NOS/c1-7-2-3-8(14(18)20)12(4-7)19-13-6-10(16)9(15)5-11(13)17/h2-6H,1H3,(H2,18,20). The molecule has 0 aromatic heterocycles. The molecule has 0 atom stereocenters. The Morgan fingerprint density at radius 1 is 1.00 bits per heavy atom. The van der Waals surface area contributed by atoms with Gasteiger partial charge in [-0.2, -0.15) is 0 Å². The molecule has 0 aliphatic rings. The van der Waals surface area contributed by atoms with Gasteiger partial charge in [-0.3, -0.25) is 0 Å². The molecule has 0 saturated carbocycles. The van der Waals surface area contributed by atoms with Gasteiger partial charge in [0.25, 0.3) is 0 Å². The fourth-order valence-corrected chi connectivity index (χ4v) is 2.36. The van der Waals surface area contributed by atoms with Crippen LogP contribution in [0, 0.1) is 6.92 Å². The Kier molecular flexibility index (Phi) is 4.76. The van der Waals surface area contributed by atoms with Gasteiger partial charge in [-0.05, 0) is 30.7 Å². The third-order valence-electron chi connectivity index (χ3n) is 2.60. The number of ether oxygens (including phenoxy) is 1. The molecule has 2 N–H and O–H groups in total. The predicted molar refractivity (Wildman–Crippen MR) is 88.6 cm³/mol. The molecule has 0 fully saturated rings. The van der Waals surface area contributed by atoms with E-state index in [2.05, 4.69) is 0 Å². The lowest BCUT2D eigenvalue weighted by atomic mass is 10.1. The SMILES string of the molecule is Cc1ccc(C(N)=S)c(Oc2cc(Cl)c(Cl)cc2Cl)c1. The van der Waals surface area contributed by atoms with Crippen LogP contribution >= 0.6 is 47.0 Å². The number of benzene rings is 2. The fourth-order valence-electron chi connectivity index (χ4n) is 1.62. The van der Waals surface area contributed by atoms with Crippen LogP contribution in [0.25, 0.3) is 0 Å². The summed E-state index contributed by atoms with van der Waals surface area (Å²) in [7, 11) is 0. The molecule has 20 heavy (non-hydrogen) atoms. The van der Waals surface area contributed by atoms with Gasteiger partial charge in [0.15, 0.2) is 0 Å². The Balaban J connectivity index is 2.47. The minimum absolute atomic E-state index is 0.246. The van der Waals surface area contributed by atoms with E-state index in [1.807, 2.05) is 19.1 Å². The molecule has 2 aromatic rings. The Hall–Kier alpha value is -1.000. The van der Waals surface area contributed by atoms with E-state index >= 15 is 0 Å². The maximum absolute atomic E-state index is 6.09. The van der Waals surface area contributed by atoms with Crippen molar-refractivity contribution in [1.82, 2.24) is 0 Å². The minimum atomic E-state index is 0.246. The van der Waals surface area contributed by atoms with Gasteiger partial charge in [0.1, 0.15) is 16.5 Å². The molecule has 0 aliphatic heterocycles. The van der Waals surface area contributed by atoms with E-state index in [9.17, 15) is 0 Å². The zero-order chi connectivity index (χ0) is 14.9. The summed E-state index contributed by atoms with van der Waals surface area (Å²) in [6.45, 7) is 1.94. The molecule has 0 spiro atoms. The largest absolute Gasteiger partial charge is 0.455 e. The molecule has 104 valence electrons. The molecular weight excluding hydrogens is 337 g/mol. The fraction of sp³-hybridized carbons (Fsp3) is 0.0714. The van der Waals surface area contributed by atoms with Gasteiger partial charge in [-0.15, -0.1) is 0 Å². The maximum atomic E-state index is 6.09. The summed E-state index contributed by atoms with van der Waals surface area (Å²) in [5.41, 5.74) is 7.32. The minimum Gasteiger partial charge on any atom is -0.455 e. The van der Waals surface area contributed by atoms with E-state index in [0.717, 1.165) is 5.56 Å². The number of hydrogen-bond donors (Lipinski definition) is 1. The lowest BCUT2D eigenvalue weighted by Crippen LogP contribution is -2.10. The van der Waals surface area contributed by atoms with Crippen molar-refractivity contribution in [2.75, 3.05) is 0 Å². The first-order valence-electron chi connectivity index (χ1n) is 5.61. The lowest BCUT2D eigenvalue weighted by molar-refractivity contribution is 0.481. The van der Waals surface area contributed by atoms with Gasteiger partial charge in [0.05, 0.1) is 20.6 Å². The second-order valence-corrected chi connectivity index (χ2v) is 5.82. The number of halogens is 3. The summed E-state index contributed by atoms with van der Waals surface area (Å²) in [6, 6.07) is 8.61. The average molecular weight is 347 g/mol. The van der Waals surface area contributed by atoms with Crippen molar-refractivity contribution < 1.29 is 4.74 Å². The molecule has 2 aromatic carbocycles. The number of rotatable bonds is 3. The van der Waals surface area contributed by atoms with Crippen LogP contribution in [0.15, 0.2) is 30.3 Å². The van der Waals surface area contributed by atoms with Crippen molar-refractivity contribution in [3.63, 3.8) is 0 Å². The normalized spacial score (nSPS) is 10.4. The van der Waals surface area contributed by atoms with Crippen molar-refractivity contribution in [3.8, 4) is 11.5 Å². The zero-order valence-corrected chi connectivity index (χ0v) is 13.5. The van der Waals surface area contributed by atoms with Gasteiger partial charge in [0.2, 0.25) is 0 Å². The molecule has 2 nitrogen and oxygen atoms in total. The highest BCUT2D eigenvalue weighted by Crippen LogP contribution is 2.37. The average Bonchev–Trinajstić information content (AvgIpc) is 2.35. The van der Waals surface area contributed by atoms with Gasteiger partial charge >= 0.3 is 0 Å². The van der Waals surface area contributed by atoms with E-state index in [1.165, 1.54) is 6.07 Å². The quantitative estimate of drug-likeness (QED) is 0.598. The predicted octanol–water partition coefficient (Wildman–Crippen LogP) is 5.38. The van der Waals surface area contributed by atoms with E-state index in [1.54, 1.807) is 12.1 Å². The summed E-state index contributed by atoms with van der Waals surface area (Å²) < 4.78 is 5.78. The highest BCUT2D eigenvalue weighted by Gasteiger charge is 2.12. The summed E-state index contributed by atoms with van der Waals surface area (Å²) in [5.74, 6) is 0.918. The molecule has 6 heteroatoms. The third kappa shape index (κ3) is 3.36. The molecule has 0 radical (unpaired) electrons. The van der Waals surface area contributed by atoms with Gasteiger partial charge < -0.3 is 10.5 Å². The first kappa shape index (κ1) is 15.4. The molecule has 0 bridgehead atoms. The van der Waals surface area contributed by atoms with Crippen LogP contribution in [0.5, 0.6) is 11.5 Å². The molecule has 0 unspecified atom stereocenters. The van der Waals surface area contributed by atoms with Crippen molar-refractivity contribution in [1.29, 1.82) is 0 Å². The van der Waals surface area contributed by atoms with Gasteiger partial charge in [-0.1, -0.05) is 53.1 Å². The van der Waals surface area contributed by atoms with Crippen LogP contribution in [0.1, 0.15) is 11.1 Å². The van der Waals surface area contributed by atoms with Crippen LogP contribution in [-0.2, 0) is 0 Å². The summed E-state index contributed by atoms with van der Waals surface area (Å²) in [5, 5.41) is 1.08. The molecule has 0 amide bonds. The maximum Gasteiger partial charge on any atom is 0.147 e. The first-order valence-corrected chi connectivity index (χ1v) is 7.15. The van der Waals surface area contributed by atoms with E-state index in [4.69, 9.17) is 57.5 Å². The highest BCUT2D eigenvalue weighted by atomic mass is 35.5. The smallest absolute Gasteiger partial charge is 0.147 e. The van der Waals surface area contributed by atoms with Crippen LogP contribution < -0.4 is 10.5 Å². The van der Waals surface area contributed by atoms with E-state index in [-0.39, 0.29) is 4.99 Å². The molecule has 0 saturated heterocycles. The Bertz CT molecular complexity index is 688. The Labute approximate surface area is 137 Å². The molecule has 0 heterocycles. The molecule has 0 aliphatic carbocycles. The first-order chi connectivity index (χ1) is 9.38. The third-order valence-corrected chi connectivity index (χ3v) is 3.83. The summed E-state index contributed by atoms with van der Waals surface area (Å²) >= 11 is 22.9. The van der Waals surface area contributed by atoms with Crippen LogP contribution in [0.4, 0.5) is 0 Å². The number of thiocarbonyl (C=S) groups is 1. The topological polar surface area (TPSA) is 35.2 Å². The van der Waals surface area contributed by atoms with E-state index in [0.29, 0.717) is 32.1 Å².